The molecule has 0 radical (unpaired) electrons. The SMILES string of the molecule is CN(CCc1ccccc1Br)C(=O)C(C)(C)CN. The fraction of sp³-hybridized carbons (Fsp3) is 0.500. The number of carbonyl (C=O) groups is 1. The molecule has 0 fully saturated rings. The van der Waals surface area contributed by atoms with Crippen LogP contribution in [-0.4, -0.2) is 30.9 Å². The van der Waals surface area contributed by atoms with Crippen LogP contribution in [0, 0.1) is 5.41 Å². The molecule has 0 spiro atoms. The van der Waals surface area contributed by atoms with E-state index in [-0.39, 0.29) is 5.91 Å². The van der Waals surface area contributed by atoms with Crippen LogP contribution in [0.25, 0.3) is 0 Å². The van der Waals surface area contributed by atoms with Crippen molar-refractivity contribution >= 4 is 21.8 Å². The largest absolute Gasteiger partial charge is 0.345 e. The Morgan fingerprint density at radius 3 is 2.56 bits per heavy atom. The molecule has 0 aliphatic heterocycles. The van der Waals surface area contributed by atoms with Gasteiger partial charge >= 0.3 is 0 Å². The quantitative estimate of drug-likeness (QED) is 0.907. The highest BCUT2D eigenvalue weighted by Crippen LogP contribution is 2.19. The van der Waals surface area contributed by atoms with Gasteiger partial charge in [0.25, 0.3) is 0 Å². The second-order valence-corrected chi connectivity index (χ2v) is 6.01. The van der Waals surface area contributed by atoms with Gasteiger partial charge in [-0.2, -0.15) is 0 Å². The predicted octanol–water partition coefficient (Wildman–Crippen LogP) is 2.43. The second kappa shape index (κ2) is 6.34. The third-order valence-corrected chi connectivity index (χ3v) is 3.88. The van der Waals surface area contributed by atoms with Crippen molar-refractivity contribution in [3.63, 3.8) is 0 Å². The lowest BCUT2D eigenvalue weighted by Crippen LogP contribution is -2.43. The van der Waals surface area contributed by atoms with Crippen LogP contribution in [0.1, 0.15) is 19.4 Å². The van der Waals surface area contributed by atoms with E-state index in [0.717, 1.165) is 10.9 Å². The van der Waals surface area contributed by atoms with Gasteiger partial charge in [-0.15, -0.1) is 0 Å². The van der Waals surface area contributed by atoms with Crippen molar-refractivity contribution in [2.45, 2.75) is 20.3 Å². The van der Waals surface area contributed by atoms with E-state index in [1.165, 1.54) is 5.56 Å². The molecular formula is C14H21BrN2O. The third-order valence-electron chi connectivity index (χ3n) is 3.11. The Morgan fingerprint density at radius 2 is 2.00 bits per heavy atom. The number of nitrogens with zero attached hydrogens (tertiary/aromatic N) is 1. The number of amides is 1. The minimum absolute atomic E-state index is 0.0945. The van der Waals surface area contributed by atoms with E-state index in [1.54, 1.807) is 4.90 Å². The highest BCUT2D eigenvalue weighted by Gasteiger charge is 2.28. The molecular weight excluding hydrogens is 292 g/mol. The molecule has 0 heterocycles. The second-order valence-electron chi connectivity index (χ2n) is 5.16. The first-order valence-corrected chi connectivity index (χ1v) is 6.87. The predicted molar refractivity (Wildman–Crippen MR) is 78.3 cm³/mol. The van der Waals surface area contributed by atoms with Gasteiger partial charge in [-0.05, 0) is 31.9 Å². The first-order valence-electron chi connectivity index (χ1n) is 6.07. The summed E-state index contributed by atoms with van der Waals surface area (Å²) in [6.45, 7) is 4.82. The van der Waals surface area contributed by atoms with Crippen molar-refractivity contribution < 1.29 is 4.79 Å². The van der Waals surface area contributed by atoms with Gasteiger partial charge in [0.15, 0.2) is 0 Å². The van der Waals surface area contributed by atoms with Crippen molar-refractivity contribution in [2.24, 2.45) is 11.1 Å². The first kappa shape index (κ1) is 15.2. The monoisotopic (exact) mass is 312 g/mol. The zero-order chi connectivity index (χ0) is 13.8. The fourth-order valence-electron chi connectivity index (χ4n) is 1.69. The van der Waals surface area contributed by atoms with Crippen molar-refractivity contribution in [3.8, 4) is 0 Å². The molecule has 0 aliphatic rings. The molecule has 1 aromatic carbocycles. The van der Waals surface area contributed by atoms with Crippen LogP contribution in [0.2, 0.25) is 0 Å². The maximum absolute atomic E-state index is 12.1. The van der Waals surface area contributed by atoms with Crippen molar-refractivity contribution in [1.29, 1.82) is 0 Å². The first-order chi connectivity index (χ1) is 8.38. The summed E-state index contributed by atoms with van der Waals surface area (Å²) in [5, 5.41) is 0. The highest BCUT2D eigenvalue weighted by atomic mass is 79.9. The van der Waals surface area contributed by atoms with Crippen molar-refractivity contribution in [1.82, 2.24) is 4.90 Å². The Balaban J connectivity index is 2.59. The Hall–Kier alpha value is -0.870. The summed E-state index contributed by atoms with van der Waals surface area (Å²) in [6.07, 6.45) is 0.838. The fourth-order valence-corrected chi connectivity index (χ4v) is 2.18. The molecule has 0 saturated heterocycles. The Bertz CT molecular complexity index is 418. The van der Waals surface area contributed by atoms with Gasteiger partial charge in [0.1, 0.15) is 0 Å². The van der Waals surface area contributed by atoms with Crippen LogP contribution >= 0.6 is 15.9 Å². The minimum atomic E-state index is -0.483. The van der Waals surface area contributed by atoms with Crippen molar-refractivity contribution in [2.75, 3.05) is 20.1 Å². The van der Waals surface area contributed by atoms with Gasteiger partial charge in [-0.3, -0.25) is 4.79 Å². The van der Waals surface area contributed by atoms with Gasteiger partial charge < -0.3 is 10.6 Å². The summed E-state index contributed by atoms with van der Waals surface area (Å²) in [6, 6.07) is 8.07. The Morgan fingerprint density at radius 1 is 1.39 bits per heavy atom. The number of benzene rings is 1. The van der Waals surface area contributed by atoms with Crippen LogP contribution in [0.3, 0.4) is 0 Å². The summed E-state index contributed by atoms with van der Waals surface area (Å²) in [4.78, 5) is 13.9. The molecule has 0 aromatic heterocycles. The minimum Gasteiger partial charge on any atom is -0.345 e. The molecule has 2 N–H and O–H groups in total. The maximum Gasteiger partial charge on any atom is 0.229 e. The molecule has 0 bridgehead atoms. The van der Waals surface area contributed by atoms with Gasteiger partial charge in [0, 0.05) is 24.6 Å². The van der Waals surface area contributed by atoms with Gasteiger partial charge in [0.2, 0.25) is 5.91 Å². The van der Waals surface area contributed by atoms with E-state index in [1.807, 2.05) is 39.1 Å². The van der Waals surface area contributed by atoms with Crippen LogP contribution in [-0.2, 0) is 11.2 Å². The number of hydrogen-bond acceptors (Lipinski definition) is 2. The van der Waals surface area contributed by atoms with Gasteiger partial charge in [0.05, 0.1) is 5.41 Å². The molecule has 100 valence electrons. The maximum atomic E-state index is 12.1. The lowest BCUT2D eigenvalue weighted by molar-refractivity contribution is -0.138. The summed E-state index contributed by atoms with van der Waals surface area (Å²) in [5.74, 6) is 0.0945. The molecule has 1 rings (SSSR count). The lowest BCUT2D eigenvalue weighted by atomic mass is 9.92. The highest BCUT2D eigenvalue weighted by molar-refractivity contribution is 9.10. The standard InChI is InChI=1S/C14H21BrN2O/c1-14(2,10-16)13(18)17(3)9-8-11-6-4-5-7-12(11)15/h4-7H,8-10,16H2,1-3H3. The van der Waals surface area contributed by atoms with Crippen LogP contribution in [0.5, 0.6) is 0 Å². The molecule has 0 unspecified atom stereocenters. The number of likely N-dealkylation sites (N-methyl/N-ethyl adjacent to an activating group) is 1. The zero-order valence-electron chi connectivity index (χ0n) is 11.2. The molecule has 18 heavy (non-hydrogen) atoms. The molecule has 1 aromatic rings. The van der Waals surface area contributed by atoms with E-state index >= 15 is 0 Å². The lowest BCUT2D eigenvalue weighted by Gasteiger charge is -2.28. The zero-order valence-corrected chi connectivity index (χ0v) is 12.8. The average molecular weight is 313 g/mol. The molecule has 4 heteroatoms. The summed E-state index contributed by atoms with van der Waals surface area (Å²) < 4.78 is 1.09. The summed E-state index contributed by atoms with van der Waals surface area (Å²) >= 11 is 3.51. The molecule has 3 nitrogen and oxygen atoms in total. The molecule has 0 aliphatic carbocycles. The molecule has 1 amide bonds. The number of carbonyl (C=O) groups excluding carboxylic acids is 1. The average Bonchev–Trinajstić information content (AvgIpc) is 2.36. The van der Waals surface area contributed by atoms with E-state index in [4.69, 9.17) is 5.73 Å². The Kier molecular flexibility index (Phi) is 5.35. The summed E-state index contributed by atoms with van der Waals surface area (Å²) in [5.41, 5.74) is 6.35. The van der Waals surface area contributed by atoms with Crippen LogP contribution < -0.4 is 5.73 Å². The molecule has 0 saturated carbocycles. The number of nitrogens with two attached hydrogens (primary N) is 1. The van der Waals surface area contributed by atoms with Gasteiger partial charge in [-0.25, -0.2) is 0 Å². The Labute approximate surface area is 117 Å². The van der Waals surface area contributed by atoms with Crippen molar-refractivity contribution in [3.05, 3.63) is 34.3 Å². The van der Waals surface area contributed by atoms with E-state index in [2.05, 4.69) is 22.0 Å². The topological polar surface area (TPSA) is 46.3 Å². The van der Waals surface area contributed by atoms with E-state index in [9.17, 15) is 4.79 Å². The van der Waals surface area contributed by atoms with Crippen LogP contribution in [0.4, 0.5) is 0 Å². The summed E-state index contributed by atoms with van der Waals surface area (Å²) in [7, 11) is 1.83. The van der Waals surface area contributed by atoms with E-state index in [0.29, 0.717) is 13.1 Å². The van der Waals surface area contributed by atoms with Gasteiger partial charge in [-0.1, -0.05) is 34.1 Å². The third kappa shape index (κ3) is 3.82. The number of rotatable bonds is 5. The van der Waals surface area contributed by atoms with E-state index < -0.39 is 5.41 Å². The number of halogens is 1. The van der Waals surface area contributed by atoms with Crippen LogP contribution in [0.15, 0.2) is 28.7 Å². The number of hydrogen-bond donors (Lipinski definition) is 1. The molecule has 0 atom stereocenters. The normalized spacial score (nSPS) is 11.4. The smallest absolute Gasteiger partial charge is 0.229 e.